The molecule has 0 rings (SSSR count). The standard InChI is InChI=1S/C2H7N.BF2H/c1-3-2;2-1-3/h3H,1-2H3;1H. The van der Waals surface area contributed by atoms with Gasteiger partial charge in [-0.3, -0.25) is 8.63 Å². The van der Waals surface area contributed by atoms with Crippen LogP contribution in [-0.4, -0.2) is 21.9 Å². The van der Waals surface area contributed by atoms with Crippen LogP contribution in [0.15, 0.2) is 0 Å². The zero-order chi connectivity index (χ0) is 5.41. The first-order chi connectivity index (χ1) is 2.83. The van der Waals surface area contributed by atoms with Crippen LogP contribution in [0.2, 0.25) is 0 Å². The van der Waals surface area contributed by atoms with Gasteiger partial charge < -0.3 is 5.32 Å². The van der Waals surface area contributed by atoms with E-state index < -0.39 is 7.83 Å². The monoisotopic (exact) mass is 95.1 g/mol. The van der Waals surface area contributed by atoms with Gasteiger partial charge in [0.1, 0.15) is 0 Å². The molecule has 0 aliphatic heterocycles. The van der Waals surface area contributed by atoms with Crippen molar-refractivity contribution in [3.05, 3.63) is 0 Å². The van der Waals surface area contributed by atoms with Gasteiger partial charge in [0.2, 0.25) is 0 Å². The summed E-state index contributed by atoms with van der Waals surface area (Å²) in [7, 11) is 2.00. The van der Waals surface area contributed by atoms with Gasteiger partial charge in [0.15, 0.2) is 0 Å². The summed E-state index contributed by atoms with van der Waals surface area (Å²) in [5.74, 6) is 0. The average Bonchev–Trinajstić information content (AvgIpc) is 1.39. The van der Waals surface area contributed by atoms with E-state index in [0.717, 1.165) is 0 Å². The second kappa shape index (κ2) is 20.8. The van der Waals surface area contributed by atoms with Crippen LogP contribution < -0.4 is 5.32 Å². The highest BCUT2D eigenvalue weighted by molar-refractivity contribution is 6.15. The fourth-order valence-electron chi connectivity index (χ4n) is 0. The summed E-state index contributed by atoms with van der Waals surface area (Å²) in [5, 5.41) is 2.75. The molecule has 0 saturated heterocycles. The van der Waals surface area contributed by atoms with E-state index in [1.165, 1.54) is 0 Å². The van der Waals surface area contributed by atoms with E-state index >= 15 is 0 Å². The van der Waals surface area contributed by atoms with E-state index in [1.807, 2.05) is 14.1 Å². The molecule has 0 atom stereocenters. The molecule has 0 aliphatic carbocycles. The third-order valence-corrected chi connectivity index (χ3v) is 0. The summed E-state index contributed by atoms with van der Waals surface area (Å²) in [6.45, 7) is 0. The summed E-state index contributed by atoms with van der Waals surface area (Å²) in [5.41, 5.74) is 0. The number of hydrogen-bond acceptors (Lipinski definition) is 1. The van der Waals surface area contributed by atoms with Gasteiger partial charge in [-0.2, -0.15) is 0 Å². The lowest BCUT2D eigenvalue weighted by Gasteiger charge is -1.59. The van der Waals surface area contributed by atoms with Gasteiger partial charge in [0.05, 0.1) is 0 Å². The molecule has 0 aliphatic rings. The Kier molecular flexibility index (Phi) is 32.2. The maximum Gasteiger partial charge on any atom is 0.521 e. The molecule has 0 aromatic heterocycles. The fraction of sp³-hybridized carbons (Fsp3) is 1.00. The molecular weight excluding hydrogens is 86.8 g/mol. The molecule has 1 nitrogen and oxygen atoms in total. The smallest absolute Gasteiger partial charge is 0.323 e. The highest BCUT2D eigenvalue weighted by atomic mass is 19.2. The van der Waals surface area contributed by atoms with Crippen LogP contribution in [0.25, 0.3) is 0 Å². The topological polar surface area (TPSA) is 12.0 Å². The maximum absolute atomic E-state index is 9.62. The minimum absolute atomic E-state index is 1.75. The van der Waals surface area contributed by atoms with Gasteiger partial charge in [-0.25, -0.2) is 0 Å². The van der Waals surface area contributed by atoms with Crippen LogP contribution in [0.3, 0.4) is 0 Å². The summed E-state index contributed by atoms with van der Waals surface area (Å²) < 4.78 is 19.2. The lowest BCUT2D eigenvalue weighted by molar-refractivity contribution is 0.712. The van der Waals surface area contributed by atoms with E-state index in [0.29, 0.717) is 0 Å². The van der Waals surface area contributed by atoms with Gasteiger partial charge in [0.25, 0.3) is 0 Å². The Bertz CT molecular complexity index is 13.5. The third kappa shape index (κ3) is 2440. The lowest BCUT2D eigenvalue weighted by Crippen LogP contribution is -1.89. The predicted octanol–water partition coefficient (Wildman–Crippen LogP) is 0.0275. The molecule has 0 spiro atoms. The molecule has 6 heavy (non-hydrogen) atoms. The fourth-order valence-corrected chi connectivity index (χ4v) is 0. The largest absolute Gasteiger partial charge is 0.521 e. The second-order valence-corrected chi connectivity index (χ2v) is 0.601. The van der Waals surface area contributed by atoms with Gasteiger partial charge in [-0.15, -0.1) is 0 Å². The van der Waals surface area contributed by atoms with Crippen LogP contribution in [0.1, 0.15) is 0 Å². The summed E-state index contributed by atoms with van der Waals surface area (Å²) >= 11 is 0. The van der Waals surface area contributed by atoms with Gasteiger partial charge in [-0.1, -0.05) is 0 Å². The molecule has 0 radical (unpaired) electrons. The first kappa shape index (κ1) is 9.30. The van der Waals surface area contributed by atoms with Gasteiger partial charge in [0, 0.05) is 0 Å². The third-order valence-electron chi connectivity index (χ3n) is 0. The average molecular weight is 94.9 g/mol. The van der Waals surface area contributed by atoms with Crippen molar-refractivity contribution < 1.29 is 8.63 Å². The zero-order valence-corrected chi connectivity index (χ0v) is 3.96. The Hall–Kier alpha value is -0.115. The minimum atomic E-state index is -1.75. The number of halogens is 2. The highest BCUT2D eigenvalue weighted by Crippen LogP contribution is 1.49. The number of rotatable bonds is 0. The van der Waals surface area contributed by atoms with Crippen LogP contribution >= 0.6 is 0 Å². The zero-order valence-electron chi connectivity index (χ0n) is 3.96. The summed E-state index contributed by atoms with van der Waals surface area (Å²) in [6, 6.07) is 0. The van der Waals surface area contributed by atoms with Crippen molar-refractivity contribution in [2.45, 2.75) is 0 Å². The predicted molar refractivity (Wildman–Crippen MR) is 24.3 cm³/mol. The van der Waals surface area contributed by atoms with Crippen molar-refractivity contribution in [1.82, 2.24) is 5.32 Å². The maximum atomic E-state index is 9.62. The SMILES string of the molecule is CNC.FBF. The van der Waals surface area contributed by atoms with Crippen LogP contribution in [0.5, 0.6) is 0 Å². The van der Waals surface area contributed by atoms with Crippen molar-refractivity contribution in [2.75, 3.05) is 14.1 Å². The molecule has 0 fully saturated rings. The Labute approximate surface area is 37.1 Å². The molecule has 1 N–H and O–H groups in total. The minimum Gasteiger partial charge on any atom is -0.323 e. The van der Waals surface area contributed by atoms with E-state index in [1.54, 1.807) is 0 Å². The second-order valence-electron chi connectivity index (χ2n) is 0.601. The van der Waals surface area contributed by atoms with E-state index in [-0.39, 0.29) is 0 Å². The molecule has 0 heterocycles. The van der Waals surface area contributed by atoms with Gasteiger partial charge >= 0.3 is 7.83 Å². The molecule has 0 bridgehead atoms. The molecule has 0 unspecified atom stereocenters. The van der Waals surface area contributed by atoms with Crippen molar-refractivity contribution in [2.24, 2.45) is 0 Å². The van der Waals surface area contributed by atoms with Crippen molar-refractivity contribution in [3.63, 3.8) is 0 Å². The summed E-state index contributed by atoms with van der Waals surface area (Å²) in [4.78, 5) is 0. The molecule has 0 amide bonds. The van der Waals surface area contributed by atoms with Crippen molar-refractivity contribution in [1.29, 1.82) is 0 Å². The van der Waals surface area contributed by atoms with Crippen LogP contribution in [-0.2, 0) is 0 Å². The number of nitrogens with one attached hydrogen (secondary N) is 1. The highest BCUT2D eigenvalue weighted by Gasteiger charge is 1.59. The van der Waals surface area contributed by atoms with Gasteiger partial charge in [-0.05, 0) is 14.1 Å². The molecule has 0 saturated carbocycles. The van der Waals surface area contributed by atoms with E-state index in [4.69, 9.17) is 0 Å². The molecule has 38 valence electrons. The Morgan fingerprint density at radius 3 is 1.33 bits per heavy atom. The van der Waals surface area contributed by atoms with Crippen molar-refractivity contribution >= 4 is 7.83 Å². The molecular formula is C2H8BF2N. The normalized spacial score (nSPS) is 5.33. The van der Waals surface area contributed by atoms with Crippen LogP contribution in [0.4, 0.5) is 8.63 Å². The Morgan fingerprint density at radius 2 is 1.33 bits per heavy atom. The summed E-state index contributed by atoms with van der Waals surface area (Å²) in [6.07, 6.45) is 0. The number of hydrogen-bond donors (Lipinski definition) is 1. The van der Waals surface area contributed by atoms with E-state index in [9.17, 15) is 8.63 Å². The molecule has 0 aromatic rings. The lowest BCUT2D eigenvalue weighted by atomic mass is 10.6. The Balaban J connectivity index is 0. The van der Waals surface area contributed by atoms with Crippen molar-refractivity contribution in [3.8, 4) is 0 Å². The molecule has 0 aromatic carbocycles. The van der Waals surface area contributed by atoms with E-state index in [2.05, 4.69) is 5.32 Å². The quantitative estimate of drug-likeness (QED) is 0.418. The molecule has 4 heteroatoms. The first-order valence-electron chi connectivity index (χ1n) is 1.53. The van der Waals surface area contributed by atoms with Crippen LogP contribution in [0, 0.1) is 0 Å². The first-order valence-corrected chi connectivity index (χ1v) is 1.53. The Morgan fingerprint density at radius 1 is 1.33 bits per heavy atom.